The van der Waals surface area contributed by atoms with E-state index >= 15 is 0 Å². The number of carbonyl (C=O) groups is 1. The van der Waals surface area contributed by atoms with E-state index in [-0.39, 0.29) is 10.8 Å². The molecule has 8 heteroatoms. The molecule has 1 saturated carbocycles. The molecule has 0 unspecified atom stereocenters. The summed E-state index contributed by atoms with van der Waals surface area (Å²) in [5, 5.41) is 12.1. The lowest BCUT2D eigenvalue weighted by molar-refractivity contribution is -0.122. The van der Waals surface area contributed by atoms with Gasteiger partial charge in [-0.25, -0.2) is 0 Å². The van der Waals surface area contributed by atoms with Crippen molar-refractivity contribution in [1.82, 2.24) is 4.90 Å². The highest BCUT2D eigenvalue weighted by atomic mass is 32.2. The summed E-state index contributed by atoms with van der Waals surface area (Å²) in [6, 6.07) is 8.07. The SMILES string of the molecule is CN1CCC/C1=N\S(=O)(=O)c1ccc(NC(=O)C2(C#N)CCCC2)cc1. The molecule has 0 aromatic heterocycles. The minimum Gasteiger partial charge on any atom is -0.362 e. The maximum atomic E-state index is 12.4. The van der Waals surface area contributed by atoms with Crippen LogP contribution in [-0.2, 0) is 14.8 Å². The lowest BCUT2D eigenvalue weighted by Crippen LogP contribution is -2.32. The lowest BCUT2D eigenvalue weighted by Gasteiger charge is -2.19. The number of nitriles is 1. The van der Waals surface area contributed by atoms with Crippen LogP contribution in [0.25, 0.3) is 0 Å². The van der Waals surface area contributed by atoms with Gasteiger partial charge in [0, 0.05) is 25.7 Å². The molecule has 2 fully saturated rings. The molecule has 3 rings (SSSR count). The molecule has 1 aliphatic carbocycles. The summed E-state index contributed by atoms with van der Waals surface area (Å²) in [6.45, 7) is 0.806. The molecule has 1 aliphatic heterocycles. The third kappa shape index (κ3) is 3.58. The van der Waals surface area contributed by atoms with E-state index in [1.807, 2.05) is 11.9 Å². The highest BCUT2D eigenvalue weighted by molar-refractivity contribution is 7.90. The quantitative estimate of drug-likeness (QED) is 0.872. The van der Waals surface area contributed by atoms with E-state index in [9.17, 15) is 18.5 Å². The molecule has 1 saturated heterocycles. The molecule has 1 N–H and O–H groups in total. The van der Waals surface area contributed by atoms with E-state index < -0.39 is 15.4 Å². The largest absolute Gasteiger partial charge is 0.362 e. The number of sulfonamides is 1. The van der Waals surface area contributed by atoms with Crippen LogP contribution < -0.4 is 5.32 Å². The number of amidine groups is 1. The Labute approximate surface area is 153 Å². The molecule has 0 atom stereocenters. The number of benzene rings is 1. The molecular formula is C18H22N4O3S. The number of amides is 1. The maximum Gasteiger partial charge on any atom is 0.283 e. The van der Waals surface area contributed by atoms with E-state index in [2.05, 4.69) is 15.8 Å². The predicted octanol–water partition coefficient (Wildman–Crippen LogP) is 2.52. The van der Waals surface area contributed by atoms with Crippen molar-refractivity contribution < 1.29 is 13.2 Å². The third-order valence-corrected chi connectivity index (χ3v) is 6.39. The average molecular weight is 374 g/mol. The summed E-state index contributed by atoms with van der Waals surface area (Å²) < 4.78 is 28.8. The van der Waals surface area contributed by atoms with E-state index in [4.69, 9.17) is 0 Å². The Morgan fingerprint density at radius 1 is 1.23 bits per heavy atom. The first kappa shape index (κ1) is 18.4. The first-order valence-corrected chi connectivity index (χ1v) is 10.2. The van der Waals surface area contributed by atoms with Gasteiger partial charge in [-0.1, -0.05) is 12.8 Å². The standard InChI is InChI=1S/C18H22N4O3S/c1-22-12-4-5-16(22)21-26(24,25)15-8-6-14(7-9-15)20-17(23)18(13-19)10-2-3-11-18/h6-9H,2-5,10-12H2,1H3,(H,20,23)/b21-16+. The van der Waals surface area contributed by atoms with Gasteiger partial charge in [-0.3, -0.25) is 4.79 Å². The molecular weight excluding hydrogens is 352 g/mol. The Kier molecular flexibility index (Phi) is 5.01. The molecule has 0 spiro atoms. The summed E-state index contributed by atoms with van der Waals surface area (Å²) in [5.74, 6) is 0.250. The minimum atomic E-state index is -3.77. The zero-order valence-electron chi connectivity index (χ0n) is 14.7. The number of hydrogen-bond donors (Lipinski definition) is 1. The Morgan fingerprint density at radius 2 is 1.88 bits per heavy atom. The van der Waals surface area contributed by atoms with Crippen molar-refractivity contribution in [2.45, 2.75) is 43.4 Å². The number of nitrogens with one attached hydrogen (secondary N) is 1. The van der Waals surface area contributed by atoms with Gasteiger partial charge in [0.1, 0.15) is 11.3 Å². The normalized spacial score (nSPS) is 20.9. The van der Waals surface area contributed by atoms with Gasteiger partial charge in [0.2, 0.25) is 5.91 Å². The summed E-state index contributed by atoms with van der Waals surface area (Å²) >= 11 is 0. The number of hydrogen-bond acceptors (Lipinski definition) is 4. The Balaban J connectivity index is 1.74. The molecule has 0 bridgehead atoms. The topological polar surface area (TPSA) is 103 Å². The van der Waals surface area contributed by atoms with Crippen molar-refractivity contribution in [3.63, 3.8) is 0 Å². The fraction of sp³-hybridized carbons (Fsp3) is 0.500. The van der Waals surface area contributed by atoms with Crippen LogP contribution >= 0.6 is 0 Å². The fourth-order valence-electron chi connectivity index (χ4n) is 3.43. The highest BCUT2D eigenvalue weighted by Crippen LogP contribution is 2.38. The van der Waals surface area contributed by atoms with Gasteiger partial charge in [0.15, 0.2) is 0 Å². The molecule has 1 aromatic rings. The van der Waals surface area contributed by atoms with Gasteiger partial charge in [-0.2, -0.15) is 13.7 Å². The predicted molar refractivity (Wildman–Crippen MR) is 98.1 cm³/mol. The van der Waals surface area contributed by atoms with Crippen molar-refractivity contribution >= 4 is 27.5 Å². The molecule has 7 nitrogen and oxygen atoms in total. The zero-order valence-corrected chi connectivity index (χ0v) is 15.6. The summed E-state index contributed by atoms with van der Waals surface area (Å²) in [4.78, 5) is 14.4. The minimum absolute atomic E-state index is 0.0826. The number of anilines is 1. The number of carbonyl (C=O) groups excluding carboxylic acids is 1. The van der Waals surface area contributed by atoms with Crippen LogP contribution in [0.1, 0.15) is 38.5 Å². The maximum absolute atomic E-state index is 12.4. The smallest absolute Gasteiger partial charge is 0.283 e. The van der Waals surface area contributed by atoms with Crippen LogP contribution in [0, 0.1) is 16.7 Å². The molecule has 26 heavy (non-hydrogen) atoms. The third-order valence-electron chi connectivity index (χ3n) is 5.08. The monoisotopic (exact) mass is 374 g/mol. The fourth-order valence-corrected chi connectivity index (χ4v) is 4.52. The van der Waals surface area contributed by atoms with Gasteiger partial charge in [0.05, 0.1) is 11.0 Å². The van der Waals surface area contributed by atoms with E-state index in [0.29, 0.717) is 30.8 Å². The average Bonchev–Trinajstić information content (AvgIpc) is 3.25. The molecule has 1 heterocycles. The van der Waals surface area contributed by atoms with Gasteiger partial charge in [-0.15, -0.1) is 4.40 Å². The van der Waals surface area contributed by atoms with Crippen molar-refractivity contribution in [3.8, 4) is 6.07 Å². The second kappa shape index (κ2) is 7.08. The van der Waals surface area contributed by atoms with Crippen molar-refractivity contribution in [2.75, 3.05) is 18.9 Å². The highest BCUT2D eigenvalue weighted by Gasteiger charge is 2.41. The molecule has 138 valence electrons. The zero-order chi connectivity index (χ0) is 18.8. The molecule has 0 radical (unpaired) electrons. The van der Waals surface area contributed by atoms with Crippen molar-refractivity contribution in [1.29, 1.82) is 5.26 Å². The van der Waals surface area contributed by atoms with Gasteiger partial charge in [0.25, 0.3) is 10.0 Å². The van der Waals surface area contributed by atoms with Gasteiger partial charge < -0.3 is 10.2 Å². The van der Waals surface area contributed by atoms with Crippen LogP contribution in [0.5, 0.6) is 0 Å². The van der Waals surface area contributed by atoms with Gasteiger partial charge >= 0.3 is 0 Å². The lowest BCUT2D eigenvalue weighted by atomic mass is 9.87. The molecule has 2 aliphatic rings. The summed E-state index contributed by atoms with van der Waals surface area (Å²) in [7, 11) is -1.95. The van der Waals surface area contributed by atoms with Crippen molar-refractivity contribution in [2.24, 2.45) is 9.81 Å². The van der Waals surface area contributed by atoms with E-state index in [1.165, 1.54) is 24.3 Å². The molecule has 1 amide bonds. The number of rotatable bonds is 4. The van der Waals surface area contributed by atoms with Gasteiger partial charge in [-0.05, 0) is 43.5 Å². The molecule has 1 aromatic carbocycles. The van der Waals surface area contributed by atoms with Crippen LogP contribution in [-0.4, -0.2) is 38.7 Å². The van der Waals surface area contributed by atoms with E-state index in [1.54, 1.807) is 0 Å². The first-order chi connectivity index (χ1) is 12.4. The Hall–Kier alpha value is -2.40. The van der Waals surface area contributed by atoms with E-state index in [0.717, 1.165) is 25.8 Å². The van der Waals surface area contributed by atoms with Crippen molar-refractivity contribution in [3.05, 3.63) is 24.3 Å². The van der Waals surface area contributed by atoms with Crippen LogP contribution in [0.4, 0.5) is 5.69 Å². The Bertz CT molecular complexity index is 863. The number of nitrogens with zero attached hydrogens (tertiary/aromatic N) is 3. The summed E-state index contributed by atoms with van der Waals surface area (Å²) in [6.07, 6.45) is 4.41. The second-order valence-electron chi connectivity index (χ2n) is 6.89. The number of likely N-dealkylation sites (tertiary alicyclic amines) is 1. The first-order valence-electron chi connectivity index (χ1n) is 8.74. The van der Waals surface area contributed by atoms with Crippen LogP contribution in [0.3, 0.4) is 0 Å². The Morgan fingerprint density at radius 3 is 2.42 bits per heavy atom. The van der Waals surface area contributed by atoms with Crippen LogP contribution in [0.2, 0.25) is 0 Å². The summed E-state index contributed by atoms with van der Waals surface area (Å²) in [5.41, 5.74) is -0.495. The van der Waals surface area contributed by atoms with Crippen LogP contribution in [0.15, 0.2) is 33.6 Å². The second-order valence-corrected chi connectivity index (χ2v) is 8.49.